The molecule has 2 unspecified atom stereocenters. The fourth-order valence-electron chi connectivity index (χ4n) is 2.53. The van der Waals surface area contributed by atoms with Gasteiger partial charge in [0.05, 0.1) is 0 Å². The van der Waals surface area contributed by atoms with Crippen LogP contribution in [0.3, 0.4) is 0 Å². The van der Waals surface area contributed by atoms with Gasteiger partial charge >= 0.3 is 0 Å². The summed E-state index contributed by atoms with van der Waals surface area (Å²) < 4.78 is 0. The summed E-state index contributed by atoms with van der Waals surface area (Å²) in [6.45, 7) is 12.5. The summed E-state index contributed by atoms with van der Waals surface area (Å²) in [5.41, 5.74) is 3.02. The number of rotatable bonds is 12. The summed E-state index contributed by atoms with van der Waals surface area (Å²) in [5.74, 6) is 6.54. The van der Waals surface area contributed by atoms with Crippen LogP contribution in [0.5, 0.6) is 0 Å². The largest absolute Gasteiger partial charge is 0.304 e. The Hall–Kier alpha value is -0.120. The molecule has 0 radical (unpaired) electrons. The second kappa shape index (κ2) is 11.9. The minimum Gasteiger partial charge on any atom is -0.304 e. The monoisotopic (exact) mass is 257 g/mol. The van der Waals surface area contributed by atoms with Gasteiger partial charge in [-0.1, -0.05) is 53.4 Å². The molecule has 0 aliphatic carbocycles. The Morgan fingerprint density at radius 2 is 1.72 bits per heavy atom. The summed E-state index contributed by atoms with van der Waals surface area (Å²) in [6.07, 6.45) is 7.69. The quantitative estimate of drug-likeness (QED) is 0.417. The number of nitrogens with zero attached hydrogens (tertiary/aromatic N) is 1. The predicted octanol–water partition coefficient (Wildman–Crippen LogP) is 3.16. The zero-order valence-corrected chi connectivity index (χ0v) is 13.0. The molecule has 0 bridgehead atoms. The molecule has 0 fully saturated rings. The van der Waals surface area contributed by atoms with E-state index in [1.165, 1.54) is 38.5 Å². The van der Waals surface area contributed by atoms with Gasteiger partial charge in [0, 0.05) is 6.04 Å². The first-order valence-corrected chi connectivity index (χ1v) is 7.90. The number of nitrogens with one attached hydrogen (secondary N) is 1. The van der Waals surface area contributed by atoms with Crippen LogP contribution < -0.4 is 11.3 Å². The highest BCUT2D eigenvalue weighted by Gasteiger charge is 2.14. The highest BCUT2D eigenvalue weighted by molar-refractivity contribution is 4.71. The Balaban J connectivity index is 3.98. The Labute approximate surface area is 114 Å². The molecule has 0 aromatic heterocycles. The predicted molar refractivity (Wildman–Crippen MR) is 81.4 cm³/mol. The molecule has 0 rings (SSSR count). The minimum atomic E-state index is 0.479. The number of unbranched alkanes of at least 4 members (excludes halogenated alkanes) is 1. The molecule has 0 aromatic rings. The minimum absolute atomic E-state index is 0.479. The third-order valence-corrected chi connectivity index (χ3v) is 4.09. The lowest BCUT2D eigenvalue weighted by Crippen LogP contribution is -2.39. The molecule has 110 valence electrons. The number of nitrogens with two attached hydrogens (primary N) is 1. The highest BCUT2D eigenvalue weighted by atomic mass is 15.2. The first kappa shape index (κ1) is 17.9. The number of hydrogen-bond acceptors (Lipinski definition) is 3. The summed E-state index contributed by atoms with van der Waals surface area (Å²) in [5, 5.41) is 0. The zero-order valence-electron chi connectivity index (χ0n) is 13.0. The molecular weight excluding hydrogens is 222 g/mol. The fourth-order valence-corrected chi connectivity index (χ4v) is 2.53. The van der Waals surface area contributed by atoms with Gasteiger partial charge in [-0.3, -0.25) is 11.3 Å². The van der Waals surface area contributed by atoms with Crippen molar-refractivity contribution in [3.63, 3.8) is 0 Å². The second-order valence-corrected chi connectivity index (χ2v) is 5.33. The van der Waals surface area contributed by atoms with Gasteiger partial charge in [-0.25, -0.2) is 0 Å². The van der Waals surface area contributed by atoms with Crippen LogP contribution in [0.2, 0.25) is 0 Å². The van der Waals surface area contributed by atoms with Crippen molar-refractivity contribution in [3.05, 3.63) is 0 Å². The average Bonchev–Trinajstić information content (AvgIpc) is 2.42. The Kier molecular flexibility index (Phi) is 11.9. The molecule has 0 saturated heterocycles. The van der Waals surface area contributed by atoms with Crippen molar-refractivity contribution in [2.75, 3.05) is 19.6 Å². The fraction of sp³-hybridized carbons (Fsp3) is 1.00. The standard InChI is InChI=1S/C15H35N3/c1-5-9-10-14(6-2)13-15(17-16)11-12-18(7-3)8-4/h14-15,17H,5-13,16H2,1-4H3. The summed E-state index contributed by atoms with van der Waals surface area (Å²) >= 11 is 0. The van der Waals surface area contributed by atoms with Crippen molar-refractivity contribution >= 4 is 0 Å². The topological polar surface area (TPSA) is 41.3 Å². The maximum absolute atomic E-state index is 5.71. The van der Waals surface area contributed by atoms with E-state index in [1.54, 1.807) is 0 Å². The van der Waals surface area contributed by atoms with E-state index in [4.69, 9.17) is 5.84 Å². The van der Waals surface area contributed by atoms with Crippen LogP contribution in [0.4, 0.5) is 0 Å². The van der Waals surface area contributed by atoms with Crippen molar-refractivity contribution in [1.82, 2.24) is 10.3 Å². The molecule has 3 nitrogen and oxygen atoms in total. The molecule has 0 aliphatic rings. The molecule has 0 aromatic carbocycles. The molecule has 3 heteroatoms. The lowest BCUT2D eigenvalue weighted by molar-refractivity contribution is 0.262. The molecule has 3 N–H and O–H groups in total. The summed E-state index contributed by atoms with van der Waals surface area (Å²) in [6, 6.07) is 0.479. The Bertz CT molecular complexity index is 169. The van der Waals surface area contributed by atoms with Crippen LogP contribution in [-0.4, -0.2) is 30.6 Å². The smallest absolute Gasteiger partial charge is 0.0225 e. The molecule has 18 heavy (non-hydrogen) atoms. The van der Waals surface area contributed by atoms with E-state index in [0.29, 0.717) is 6.04 Å². The van der Waals surface area contributed by atoms with E-state index in [1.807, 2.05) is 0 Å². The normalized spacial score (nSPS) is 15.0. The van der Waals surface area contributed by atoms with E-state index in [0.717, 1.165) is 25.6 Å². The molecular formula is C15H35N3. The second-order valence-electron chi connectivity index (χ2n) is 5.33. The number of hydrogen-bond donors (Lipinski definition) is 2. The molecule has 2 atom stereocenters. The van der Waals surface area contributed by atoms with Crippen molar-refractivity contribution in [3.8, 4) is 0 Å². The first-order chi connectivity index (χ1) is 8.71. The third kappa shape index (κ3) is 8.06. The molecule has 0 spiro atoms. The Morgan fingerprint density at radius 3 is 2.17 bits per heavy atom. The van der Waals surface area contributed by atoms with Crippen LogP contribution in [0.25, 0.3) is 0 Å². The van der Waals surface area contributed by atoms with Gasteiger partial charge in [-0.2, -0.15) is 0 Å². The lowest BCUT2D eigenvalue weighted by Gasteiger charge is -2.25. The van der Waals surface area contributed by atoms with Crippen molar-refractivity contribution < 1.29 is 0 Å². The maximum Gasteiger partial charge on any atom is 0.0225 e. The number of hydrazine groups is 1. The molecule has 0 amide bonds. The lowest BCUT2D eigenvalue weighted by atomic mass is 9.91. The van der Waals surface area contributed by atoms with Gasteiger partial charge < -0.3 is 4.90 Å². The van der Waals surface area contributed by atoms with E-state index < -0.39 is 0 Å². The zero-order chi connectivity index (χ0) is 13.8. The van der Waals surface area contributed by atoms with E-state index in [-0.39, 0.29) is 0 Å². The van der Waals surface area contributed by atoms with Gasteiger partial charge in [0.25, 0.3) is 0 Å². The van der Waals surface area contributed by atoms with Crippen LogP contribution in [-0.2, 0) is 0 Å². The average molecular weight is 257 g/mol. The van der Waals surface area contributed by atoms with E-state index in [2.05, 4.69) is 38.0 Å². The van der Waals surface area contributed by atoms with Gasteiger partial charge in [-0.15, -0.1) is 0 Å². The molecule has 0 aliphatic heterocycles. The van der Waals surface area contributed by atoms with Crippen molar-refractivity contribution in [2.45, 2.75) is 72.3 Å². The van der Waals surface area contributed by atoms with Gasteiger partial charge in [0.2, 0.25) is 0 Å². The van der Waals surface area contributed by atoms with Gasteiger partial charge in [-0.05, 0) is 38.4 Å². The van der Waals surface area contributed by atoms with E-state index in [9.17, 15) is 0 Å². The van der Waals surface area contributed by atoms with Crippen molar-refractivity contribution in [1.29, 1.82) is 0 Å². The molecule has 0 heterocycles. The van der Waals surface area contributed by atoms with E-state index >= 15 is 0 Å². The van der Waals surface area contributed by atoms with Crippen molar-refractivity contribution in [2.24, 2.45) is 11.8 Å². The molecule has 0 saturated carbocycles. The summed E-state index contributed by atoms with van der Waals surface area (Å²) in [4.78, 5) is 2.47. The Morgan fingerprint density at radius 1 is 1.06 bits per heavy atom. The van der Waals surface area contributed by atoms with Gasteiger partial charge in [0.15, 0.2) is 0 Å². The summed E-state index contributed by atoms with van der Waals surface area (Å²) in [7, 11) is 0. The van der Waals surface area contributed by atoms with Crippen LogP contribution in [0.1, 0.15) is 66.2 Å². The van der Waals surface area contributed by atoms with Gasteiger partial charge in [0.1, 0.15) is 0 Å². The highest BCUT2D eigenvalue weighted by Crippen LogP contribution is 2.19. The SMILES string of the molecule is CCCCC(CC)CC(CCN(CC)CC)NN. The first-order valence-electron chi connectivity index (χ1n) is 7.90. The maximum atomic E-state index is 5.71. The van der Waals surface area contributed by atoms with Crippen LogP contribution in [0, 0.1) is 5.92 Å². The third-order valence-electron chi connectivity index (χ3n) is 4.09. The van der Waals surface area contributed by atoms with Crippen LogP contribution in [0.15, 0.2) is 0 Å². The van der Waals surface area contributed by atoms with Crippen LogP contribution >= 0.6 is 0 Å².